The van der Waals surface area contributed by atoms with Crippen molar-refractivity contribution in [3.8, 4) is 5.75 Å². The fourth-order valence-corrected chi connectivity index (χ4v) is 2.74. The Morgan fingerprint density at radius 1 is 1.00 bits per heavy atom. The van der Waals surface area contributed by atoms with Gasteiger partial charge in [0.1, 0.15) is 12.4 Å². The summed E-state index contributed by atoms with van der Waals surface area (Å²) in [6.45, 7) is 0.728. The zero-order valence-corrected chi connectivity index (χ0v) is 15.5. The number of carbonyl (C=O) groups excluding carboxylic acids is 1. The van der Waals surface area contributed by atoms with Gasteiger partial charge in [0.15, 0.2) is 0 Å². The molecule has 2 aromatic carbocycles. The Balaban J connectivity index is 1.77. The Labute approximate surface area is 161 Å². The Kier molecular flexibility index (Phi) is 7.75. The number of carboxylic acids is 1. The lowest BCUT2D eigenvalue weighted by atomic mass is 10.1. The van der Waals surface area contributed by atoms with Crippen LogP contribution in [0.2, 0.25) is 10.0 Å². The first-order valence-electron chi connectivity index (χ1n) is 8.09. The number of carbonyl (C=O) groups is 2. The van der Waals surface area contributed by atoms with Crippen LogP contribution in [-0.4, -0.2) is 23.5 Å². The smallest absolute Gasteiger partial charge is 0.303 e. The molecule has 5 nitrogen and oxygen atoms in total. The average molecular weight is 396 g/mol. The molecule has 0 spiro atoms. The highest BCUT2D eigenvalue weighted by atomic mass is 35.5. The van der Waals surface area contributed by atoms with Crippen LogP contribution < -0.4 is 10.1 Å². The number of ether oxygens (including phenoxy) is 1. The Hall–Kier alpha value is -2.24. The van der Waals surface area contributed by atoms with E-state index in [1.54, 1.807) is 18.2 Å². The molecule has 0 aliphatic carbocycles. The van der Waals surface area contributed by atoms with Crippen molar-refractivity contribution in [3.63, 3.8) is 0 Å². The van der Waals surface area contributed by atoms with E-state index in [0.29, 0.717) is 28.8 Å². The highest BCUT2D eigenvalue weighted by molar-refractivity contribution is 6.35. The first kappa shape index (κ1) is 20.1. The minimum Gasteiger partial charge on any atom is -0.489 e. The summed E-state index contributed by atoms with van der Waals surface area (Å²) < 4.78 is 5.71. The van der Waals surface area contributed by atoms with Crippen LogP contribution >= 0.6 is 23.2 Å². The van der Waals surface area contributed by atoms with Gasteiger partial charge >= 0.3 is 5.97 Å². The molecular formula is C19H19Cl2NO4. The standard InChI is InChI=1S/C19H19Cl2NO4/c20-16-2-1-3-17(21)15(16)12-26-14-6-4-13(5-7-14)10-11-22-18(23)8-9-19(24)25/h1-7H,8-12H2,(H,22,23)(H,24,25). The van der Waals surface area contributed by atoms with E-state index in [2.05, 4.69) is 5.32 Å². The normalized spacial score (nSPS) is 10.4. The third kappa shape index (κ3) is 6.58. The summed E-state index contributed by atoms with van der Waals surface area (Å²) in [5, 5.41) is 12.4. The Morgan fingerprint density at radius 2 is 1.65 bits per heavy atom. The Morgan fingerprint density at radius 3 is 2.27 bits per heavy atom. The molecule has 0 fully saturated rings. The van der Waals surface area contributed by atoms with E-state index in [0.717, 1.165) is 11.1 Å². The fraction of sp³-hybridized carbons (Fsp3) is 0.263. The third-order valence-electron chi connectivity index (χ3n) is 3.67. The summed E-state index contributed by atoms with van der Waals surface area (Å²) in [5.74, 6) is -0.548. The summed E-state index contributed by atoms with van der Waals surface area (Å²) in [5.41, 5.74) is 1.77. The van der Waals surface area contributed by atoms with Gasteiger partial charge in [-0.3, -0.25) is 9.59 Å². The molecule has 0 saturated carbocycles. The fourth-order valence-electron chi connectivity index (χ4n) is 2.23. The minimum atomic E-state index is -0.978. The molecule has 0 saturated heterocycles. The molecule has 0 aromatic heterocycles. The predicted octanol–water partition coefficient (Wildman–Crippen LogP) is 4.10. The number of carboxylic acid groups (broad SMARTS) is 1. The molecular weight excluding hydrogens is 377 g/mol. The van der Waals surface area contributed by atoms with Crippen LogP contribution in [0.1, 0.15) is 24.0 Å². The lowest BCUT2D eigenvalue weighted by Crippen LogP contribution is -2.25. The first-order chi connectivity index (χ1) is 12.5. The van der Waals surface area contributed by atoms with E-state index in [4.69, 9.17) is 33.0 Å². The highest BCUT2D eigenvalue weighted by Crippen LogP contribution is 2.25. The maximum atomic E-state index is 11.5. The van der Waals surface area contributed by atoms with Gasteiger partial charge in [-0.1, -0.05) is 41.4 Å². The van der Waals surface area contributed by atoms with Crippen LogP contribution in [0, 0.1) is 0 Å². The molecule has 7 heteroatoms. The van der Waals surface area contributed by atoms with E-state index in [-0.39, 0.29) is 25.4 Å². The van der Waals surface area contributed by atoms with Gasteiger partial charge in [-0.2, -0.15) is 0 Å². The number of aliphatic carboxylic acids is 1. The van der Waals surface area contributed by atoms with Gasteiger partial charge in [0.25, 0.3) is 0 Å². The molecule has 2 rings (SSSR count). The lowest BCUT2D eigenvalue weighted by molar-refractivity contribution is -0.138. The topological polar surface area (TPSA) is 75.6 Å². The van der Waals surface area contributed by atoms with Gasteiger partial charge in [-0.05, 0) is 36.2 Å². The van der Waals surface area contributed by atoms with Crippen molar-refractivity contribution in [2.75, 3.05) is 6.54 Å². The second-order valence-corrected chi connectivity index (χ2v) is 6.44. The number of halogens is 2. The monoisotopic (exact) mass is 395 g/mol. The molecule has 2 N–H and O–H groups in total. The van der Waals surface area contributed by atoms with Crippen molar-refractivity contribution in [3.05, 3.63) is 63.6 Å². The summed E-state index contributed by atoms with van der Waals surface area (Å²) in [4.78, 5) is 21.9. The van der Waals surface area contributed by atoms with E-state index in [1.807, 2.05) is 24.3 Å². The van der Waals surface area contributed by atoms with E-state index >= 15 is 0 Å². The molecule has 1 amide bonds. The highest BCUT2D eigenvalue weighted by Gasteiger charge is 2.07. The second kappa shape index (κ2) is 10.0. The number of rotatable bonds is 9. The third-order valence-corrected chi connectivity index (χ3v) is 4.38. The number of nitrogens with one attached hydrogen (secondary N) is 1. The summed E-state index contributed by atoms with van der Waals surface area (Å²) in [6.07, 6.45) is 0.482. The molecule has 0 atom stereocenters. The molecule has 0 unspecified atom stereocenters. The zero-order valence-electron chi connectivity index (χ0n) is 14.0. The first-order valence-corrected chi connectivity index (χ1v) is 8.84. The predicted molar refractivity (Wildman–Crippen MR) is 101 cm³/mol. The number of hydrogen-bond acceptors (Lipinski definition) is 3. The van der Waals surface area contributed by atoms with Crippen LogP contribution in [0.4, 0.5) is 0 Å². The average Bonchev–Trinajstić information content (AvgIpc) is 2.61. The van der Waals surface area contributed by atoms with Crippen LogP contribution in [0.5, 0.6) is 5.75 Å². The maximum Gasteiger partial charge on any atom is 0.303 e. The molecule has 0 aliphatic rings. The van der Waals surface area contributed by atoms with Crippen molar-refractivity contribution < 1.29 is 19.4 Å². The summed E-state index contributed by atoms with van der Waals surface area (Å²) >= 11 is 12.2. The molecule has 2 aromatic rings. The number of amides is 1. The van der Waals surface area contributed by atoms with Gasteiger partial charge in [-0.25, -0.2) is 0 Å². The van der Waals surface area contributed by atoms with Gasteiger partial charge in [0, 0.05) is 28.6 Å². The molecule has 138 valence electrons. The van der Waals surface area contributed by atoms with Crippen LogP contribution in [-0.2, 0) is 22.6 Å². The number of benzene rings is 2. The van der Waals surface area contributed by atoms with Gasteiger partial charge < -0.3 is 15.2 Å². The second-order valence-electron chi connectivity index (χ2n) is 5.63. The van der Waals surface area contributed by atoms with Crippen molar-refractivity contribution in [2.45, 2.75) is 25.9 Å². The van der Waals surface area contributed by atoms with E-state index in [9.17, 15) is 9.59 Å². The molecule has 26 heavy (non-hydrogen) atoms. The molecule has 0 heterocycles. The quantitative estimate of drug-likeness (QED) is 0.669. The summed E-state index contributed by atoms with van der Waals surface area (Å²) in [7, 11) is 0. The van der Waals surface area contributed by atoms with Crippen LogP contribution in [0.25, 0.3) is 0 Å². The van der Waals surface area contributed by atoms with Crippen molar-refractivity contribution in [1.82, 2.24) is 5.32 Å². The Bertz CT molecular complexity index is 742. The van der Waals surface area contributed by atoms with E-state index in [1.165, 1.54) is 0 Å². The minimum absolute atomic E-state index is 0.00723. The van der Waals surface area contributed by atoms with Crippen molar-refractivity contribution in [1.29, 1.82) is 0 Å². The van der Waals surface area contributed by atoms with Crippen molar-refractivity contribution in [2.24, 2.45) is 0 Å². The lowest BCUT2D eigenvalue weighted by Gasteiger charge is -2.10. The van der Waals surface area contributed by atoms with Gasteiger partial charge in [0.05, 0.1) is 6.42 Å². The SMILES string of the molecule is O=C(O)CCC(=O)NCCc1ccc(OCc2c(Cl)cccc2Cl)cc1. The summed E-state index contributed by atoms with van der Waals surface area (Å²) in [6, 6.07) is 12.8. The van der Waals surface area contributed by atoms with Crippen LogP contribution in [0.15, 0.2) is 42.5 Å². The molecule has 0 aliphatic heterocycles. The van der Waals surface area contributed by atoms with Gasteiger partial charge in [0.2, 0.25) is 5.91 Å². The van der Waals surface area contributed by atoms with Crippen molar-refractivity contribution >= 4 is 35.1 Å². The molecule has 0 radical (unpaired) electrons. The number of hydrogen-bond donors (Lipinski definition) is 2. The largest absolute Gasteiger partial charge is 0.489 e. The molecule has 0 bridgehead atoms. The van der Waals surface area contributed by atoms with E-state index < -0.39 is 5.97 Å². The maximum absolute atomic E-state index is 11.5. The van der Waals surface area contributed by atoms with Gasteiger partial charge in [-0.15, -0.1) is 0 Å². The zero-order chi connectivity index (χ0) is 18.9. The van der Waals surface area contributed by atoms with Crippen LogP contribution in [0.3, 0.4) is 0 Å².